The van der Waals surface area contributed by atoms with E-state index in [9.17, 15) is 17.6 Å². The van der Waals surface area contributed by atoms with Gasteiger partial charge >= 0.3 is 0 Å². The quantitative estimate of drug-likeness (QED) is 0.804. The first-order valence-corrected chi connectivity index (χ1v) is 10.4. The van der Waals surface area contributed by atoms with Gasteiger partial charge in [-0.15, -0.1) is 0 Å². The number of nitrogens with one attached hydrogen (secondary N) is 1. The smallest absolute Gasteiger partial charge is 0.245 e. The van der Waals surface area contributed by atoms with Crippen molar-refractivity contribution in [1.82, 2.24) is 9.62 Å². The molecule has 25 heavy (non-hydrogen) atoms. The number of carbonyl (C=O) groups excluding carboxylic acids is 1. The molecule has 1 heterocycles. The molecular weight excluding hydrogens is 343 g/mol. The summed E-state index contributed by atoms with van der Waals surface area (Å²) in [6.07, 6.45) is 5.13. The molecule has 1 aromatic rings. The summed E-state index contributed by atoms with van der Waals surface area (Å²) < 4.78 is 40.6. The minimum atomic E-state index is -3.82. The van der Waals surface area contributed by atoms with Crippen LogP contribution in [0.1, 0.15) is 38.5 Å². The third-order valence-electron chi connectivity index (χ3n) is 5.00. The Balaban J connectivity index is 1.55. The normalized spacial score (nSPS) is 21.9. The Morgan fingerprint density at radius 2 is 1.96 bits per heavy atom. The molecule has 7 heteroatoms. The van der Waals surface area contributed by atoms with E-state index in [0.717, 1.165) is 19.4 Å². The van der Waals surface area contributed by atoms with E-state index in [1.807, 2.05) is 0 Å². The molecule has 3 rings (SSSR count). The van der Waals surface area contributed by atoms with Crippen LogP contribution in [0.5, 0.6) is 0 Å². The number of nitrogens with zero attached hydrogens (tertiary/aromatic N) is 1. The van der Waals surface area contributed by atoms with Gasteiger partial charge in [-0.2, -0.15) is 4.31 Å². The molecule has 1 aliphatic heterocycles. The summed E-state index contributed by atoms with van der Waals surface area (Å²) in [5, 5.41) is 2.94. The number of hydrogen-bond donors (Lipinski definition) is 1. The van der Waals surface area contributed by atoms with Gasteiger partial charge in [-0.1, -0.05) is 12.1 Å². The lowest BCUT2D eigenvalue weighted by atomic mass is 9.94. The van der Waals surface area contributed by atoms with E-state index in [4.69, 9.17) is 0 Å². The Kier molecular flexibility index (Phi) is 5.74. The summed E-state index contributed by atoms with van der Waals surface area (Å²) in [4.78, 5) is 11.6. The third-order valence-corrected chi connectivity index (χ3v) is 6.90. The van der Waals surface area contributed by atoms with Crippen molar-refractivity contribution in [3.63, 3.8) is 0 Å². The van der Waals surface area contributed by atoms with Gasteiger partial charge in [-0.05, 0) is 56.1 Å². The molecule has 2 fully saturated rings. The Morgan fingerprint density at radius 3 is 2.68 bits per heavy atom. The maximum Gasteiger partial charge on any atom is 0.245 e. The van der Waals surface area contributed by atoms with E-state index in [-0.39, 0.29) is 16.7 Å². The molecule has 1 aromatic carbocycles. The number of piperidine rings is 1. The van der Waals surface area contributed by atoms with Crippen LogP contribution >= 0.6 is 0 Å². The molecule has 1 atom stereocenters. The molecule has 1 amide bonds. The van der Waals surface area contributed by atoms with Gasteiger partial charge in [-0.3, -0.25) is 4.79 Å². The fourth-order valence-corrected chi connectivity index (χ4v) is 4.90. The largest absolute Gasteiger partial charge is 0.356 e. The second-order valence-corrected chi connectivity index (χ2v) is 8.99. The lowest BCUT2D eigenvalue weighted by molar-refractivity contribution is -0.121. The number of benzene rings is 1. The monoisotopic (exact) mass is 368 g/mol. The molecule has 0 aromatic heterocycles. The van der Waals surface area contributed by atoms with Gasteiger partial charge in [0, 0.05) is 26.1 Å². The number of hydrogen-bond acceptors (Lipinski definition) is 3. The molecular formula is C18H25FN2O3S. The highest BCUT2D eigenvalue weighted by Crippen LogP contribution is 2.28. The zero-order valence-corrected chi connectivity index (χ0v) is 15.1. The van der Waals surface area contributed by atoms with Crippen molar-refractivity contribution in [1.29, 1.82) is 0 Å². The molecule has 0 radical (unpaired) electrons. The Bertz CT molecular complexity index is 719. The van der Waals surface area contributed by atoms with Crippen LogP contribution in [0.2, 0.25) is 0 Å². The van der Waals surface area contributed by atoms with Gasteiger partial charge in [0.1, 0.15) is 10.7 Å². The van der Waals surface area contributed by atoms with Crippen molar-refractivity contribution in [2.75, 3.05) is 19.6 Å². The van der Waals surface area contributed by atoms with Crippen LogP contribution in [-0.2, 0) is 14.8 Å². The second-order valence-electron chi connectivity index (χ2n) is 7.09. The van der Waals surface area contributed by atoms with Gasteiger partial charge in [0.2, 0.25) is 15.9 Å². The Morgan fingerprint density at radius 1 is 1.20 bits per heavy atom. The van der Waals surface area contributed by atoms with E-state index in [0.29, 0.717) is 31.8 Å². The predicted octanol–water partition coefficient (Wildman–Crippen LogP) is 2.53. The number of amides is 1. The second kappa shape index (κ2) is 7.83. The number of halogens is 1. The van der Waals surface area contributed by atoms with Crippen LogP contribution in [-0.4, -0.2) is 38.3 Å². The van der Waals surface area contributed by atoms with E-state index >= 15 is 0 Å². The standard InChI is InChI=1S/C18H25FN2O3S/c19-16-5-1-2-6-17(16)25(23,24)21-11-3-4-15(13-21)9-10-18(22)20-12-14-7-8-14/h1-2,5-6,14-15H,3-4,7-13H2,(H,20,22). The van der Waals surface area contributed by atoms with Gasteiger partial charge in [0.15, 0.2) is 0 Å². The molecule has 0 spiro atoms. The SMILES string of the molecule is O=C(CCC1CCCN(S(=O)(=O)c2ccccc2F)C1)NCC1CC1. The summed E-state index contributed by atoms with van der Waals surface area (Å²) in [5.41, 5.74) is 0. The van der Waals surface area contributed by atoms with Crippen LogP contribution in [0.25, 0.3) is 0 Å². The fraction of sp³-hybridized carbons (Fsp3) is 0.611. The summed E-state index contributed by atoms with van der Waals surface area (Å²) in [6.45, 7) is 1.52. The summed E-state index contributed by atoms with van der Waals surface area (Å²) in [6, 6.07) is 5.48. The van der Waals surface area contributed by atoms with Gasteiger partial charge in [0.05, 0.1) is 0 Å². The number of rotatable bonds is 7. The van der Waals surface area contributed by atoms with Crippen molar-refractivity contribution in [2.45, 2.75) is 43.4 Å². The number of carbonyl (C=O) groups is 1. The zero-order valence-electron chi connectivity index (χ0n) is 14.3. The molecule has 5 nitrogen and oxygen atoms in total. The fourth-order valence-electron chi connectivity index (χ4n) is 3.28. The van der Waals surface area contributed by atoms with Crippen molar-refractivity contribution < 1.29 is 17.6 Å². The van der Waals surface area contributed by atoms with Gasteiger partial charge < -0.3 is 5.32 Å². The first-order chi connectivity index (χ1) is 12.0. The summed E-state index contributed by atoms with van der Waals surface area (Å²) in [5.74, 6) is 0.118. The van der Waals surface area contributed by atoms with Crippen LogP contribution in [0.15, 0.2) is 29.2 Å². The molecule has 1 aliphatic carbocycles. The molecule has 2 aliphatic rings. The summed E-state index contributed by atoms with van der Waals surface area (Å²) in [7, 11) is -3.82. The molecule has 0 bridgehead atoms. The van der Waals surface area contributed by atoms with E-state index in [1.54, 1.807) is 0 Å². The summed E-state index contributed by atoms with van der Waals surface area (Å²) >= 11 is 0. The Labute approximate surface area is 148 Å². The van der Waals surface area contributed by atoms with Crippen molar-refractivity contribution in [3.05, 3.63) is 30.1 Å². The molecule has 1 saturated carbocycles. The van der Waals surface area contributed by atoms with Crippen LogP contribution in [0, 0.1) is 17.7 Å². The van der Waals surface area contributed by atoms with Crippen LogP contribution in [0.3, 0.4) is 0 Å². The minimum Gasteiger partial charge on any atom is -0.356 e. The third kappa shape index (κ3) is 4.79. The molecule has 1 N–H and O–H groups in total. The van der Waals surface area contributed by atoms with Gasteiger partial charge in [0.25, 0.3) is 0 Å². The lowest BCUT2D eigenvalue weighted by Gasteiger charge is -2.32. The first kappa shape index (κ1) is 18.3. The topological polar surface area (TPSA) is 66.5 Å². The zero-order chi connectivity index (χ0) is 17.9. The van der Waals surface area contributed by atoms with Crippen molar-refractivity contribution in [2.24, 2.45) is 11.8 Å². The maximum atomic E-state index is 13.9. The minimum absolute atomic E-state index is 0.0426. The van der Waals surface area contributed by atoms with E-state index in [1.165, 1.54) is 41.4 Å². The number of sulfonamides is 1. The van der Waals surface area contributed by atoms with Crippen molar-refractivity contribution in [3.8, 4) is 0 Å². The van der Waals surface area contributed by atoms with Crippen molar-refractivity contribution >= 4 is 15.9 Å². The highest BCUT2D eigenvalue weighted by Gasteiger charge is 2.32. The highest BCUT2D eigenvalue weighted by molar-refractivity contribution is 7.89. The highest BCUT2D eigenvalue weighted by atomic mass is 32.2. The van der Waals surface area contributed by atoms with Crippen LogP contribution in [0.4, 0.5) is 4.39 Å². The van der Waals surface area contributed by atoms with E-state index in [2.05, 4.69) is 5.32 Å². The Hall–Kier alpha value is -1.47. The molecule has 1 unspecified atom stereocenters. The van der Waals surface area contributed by atoms with E-state index < -0.39 is 15.8 Å². The van der Waals surface area contributed by atoms with Crippen LogP contribution < -0.4 is 5.32 Å². The molecule has 1 saturated heterocycles. The van der Waals surface area contributed by atoms with Gasteiger partial charge in [-0.25, -0.2) is 12.8 Å². The molecule has 138 valence electrons. The maximum absolute atomic E-state index is 13.9. The first-order valence-electron chi connectivity index (χ1n) is 8.98. The average molecular weight is 368 g/mol. The predicted molar refractivity (Wildman–Crippen MR) is 92.9 cm³/mol. The lowest BCUT2D eigenvalue weighted by Crippen LogP contribution is -2.40. The average Bonchev–Trinajstić information content (AvgIpc) is 3.43.